The summed E-state index contributed by atoms with van der Waals surface area (Å²) in [6.45, 7) is 0. The van der Waals surface area contributed by atoms with E-state index in [1.807, 2.05) is 128 Å². The van der Waals surface area contributed by atoms with Gasteiger partial charge in [0.1, 0.15) is 0 Å². The molecule has 5 heterocycles. The molecule has 0 aliphatic carbocycles. The SMILES string of the molecule is c1ccc(-c2cc(-c3cccc(-c4cc(-c5ccccn5)nc(-c5ccc(-c6nc(-c7ccccc7)cc(-c7ccccc7)n6)cn5)c4)c3)nc(-c3ccccc3)n2)cc1. The minimum absolute atomic E-state index is 0.595. The highest BCUT2D eigenvalue weighted by Gasteiger charge is 2.16. The Balaban J connectivity index is 1.05. The van der Waals surface area contributed by atoms with Gasteiger partial charge in [0.2, 0.25) is 0 Å². The van der Waals surface area contributed by atoms with E-state index in [0.29, 0.717) is 23.0 Å². The minimum atomic E-state index is 0.595. The van der Waals surface area contributed by atoms with Crippen LogP contribution in [0.15, 0.2) is 213 Å². The van der Waals surface area contributed by atoms with E-state index < -0.39 is 0 Å². The monoisotopic (exact) mass is 769 g/mol. The van der Waals surface area contributed by atoms with Gasteiger partial charge in [-0.15, -0.1) is 0 Å². The van der Waals surface area contributed by atoms with Crippen molar-refractivity contribution in [3.05, 3.63) is 213 Å². The van der Waals surface area contributed by atoms with Crippen LogP contribution in [0.1, 0.15) is 0 Å². The highest BCUT2D eigenvalue weighted by molar-refractivity contribution is 5.80. The number of hydrogen-bond donors (Lipinski definition) is 0. The molecular weight excluding hydrogens is 735 g/mol. The summed E-state index contributed by atoms with van der Waals surface area (Å²) in [6, 6.07) is 67.2. The van der Waals surface area contributed by atoms with E-state index >= 15 is 0 Å². The largest absolute Gasteiger partial charge is 0.255 e. The third kappa shape index (κ3) is 7.71. The first kappa shape index (κ1) is 36.1. The van der Waals surface area contributed by atoms with Crippen molar-refractivity contribution in [1.29, 1.82) is 0 Å². The Kier molecular flexibility index (Phi) is 9.79. The molecule has 0 spiro atoms. The van der Waals surface area contributed by atoms with Crippen molar-refractivity contribution in [2.75, 3.05) is 0 Å². The summed E-state index contributed by atoms with van der Waals surface area (Å²) in [5, 5.41) is 0. The van der Waals surface area contributed by atoms with Crippen molar-refractivity contribution < 1.29 is 0 Å². The van der Waals surface area contributed by atoms with Crippen LogP contribution in [0.2, 0.25) is 0 Å². The zero-order valence-electron chi connectivity index (χ0n) is 32.3. The molecule has 0 amide bonds. The number of nitrogens with zero attached hydrogens (tertiary/aromatic N) is 7. The Morgan fingerprint density at radius 3 is 1.17 bits per heavy atom. The molecule has 60 heavy (non-hydrogen) atoms. The summed E-state index contributed by atoms with van der Waals surface area (Å²) in [4.78, 5) is 34.8. The molecule has 0 unspecified atom stereocenters. The minimum Gasteiger partial charge on any atom is -0.255 e. The highest BCUT2D eigenvalue weighted by Crippen LogP contribution is 2.34. The number of hydrogen-bond acceptors (Lipinski definition) is 7. The molecule has 0 aliphatic rings. The Morgan fingerprint density at radius 2 is 0.667 bits per heavy atom. The fraction of sp³-hybridized carbons (Fsp3) is 0. The van der Waals surface area contributed by atoms with Crippen LogP contribution in [0.5, 0.6) is 0 Å². The number of rotatable bonds is 9. The topological polar surface area (TPSA) is 90.2 Å². The van der Waals surface area contributed by atoms with Gasteiger partial charge in [0, 0.05) is 45.8 Å². The Bertz CT molecular complexity index is 2940. The Labute approximate surface area is 347 Å². The fourth-order valence-electron chi connectivity index (χ4n) is 7.17. The average Bonchev–Trinajstić information content (AvgIpc) is 3.35. The zero-order chi connectivity index (χ0) is 40.1. The molecule has 0 radical (unpaired) electrons. The summed E-state index contributed by atoms with van der Waals surface area (Å²) in [5.41, 5.74) is 14.1. The van der Waals surface area contributed by atoms with E-state index in [-0.39, 0.29) is 0 Å². The maximum atomic E-state index is 5.10. The first-order valence-electron chi connectivity index (χ1n) is 19.7. The third-order valence-electron chi connectivity index (χ3n) is 10.2. The molecule has 0 fully saturated rings. The van der Waals surface area contributed by atoms with Crippen LogP contribution in [0.4, 0.5) is 0 Å². The van der Waals surface area contributed by atoms with Gasteiger partial charge in [-0.1, -0.05) is 146 Å². The van der Waals surface area contributed by atoms with E-state index in [1.165, 1.54) is 0 Å². The molecule has 0 atom stereocenters. The van der Waals surface area contributed by atoms with E-state index in [1.54, 1.807) is 6.20 Å². The molecule has 7 nitrogen and oxygen atoms in total. The summed E-state index contributed by atoms with van der Waals surface area (Å²) in [5.74, 6) is 1.27. The summed E-state index contributed by atoms with van der Waals surface area (Å²) < 4.78 is 0. The predicted octanol–water partition coefficient (Wildman–Crippen LogP) is 12.5. The van der Waals surface area contributed by atoms with Gasteiger partial charge in [0.25, 0.3) is 0 Å². The van der Waals surface area contributed by atoms with Crippen molar-refractivity contribution in [2.24, 2.45) is 0 Å². The van der Waals surface area contributed by atoms with Crippen LogP contribution in [0, 0.1) is 0 Å². The Hall–Kier alpha value is -8.29. The van der Waals surface area contributed by atoms with Gasteiger partial charge >= 0.3 is 0 Å². The summed E-state index contributed by atoms with van der Waals surface area (Å²) in [7, 11) is 0. The molecule has 0 N–H and O–H groups in total. The lowest BCUT2D eigenvalue weighted by Gasteiger charge is -2.12. The van der Waals surface area contributed by atoms with Gasteiger partial charge in [-0.3, -0.25) is 9.97 Å². The molecular formula is C53H35N7. The molecule has 0 bridgehead atoms. The van der Waals surface area contributed by atoms with Gasteiger partial charge in [-0.2, -0.15) is 0 Å². The van der Waals surface area contributed by atoms with Crippen LogP contribution in [-0.4, -0.2) is 34.9 Å². The lowest BCUT2D eigenvalue weighted by molar-refractivity contribution is 1.17. The maximum Gasteiger partial charge on any atom is 0.161 e. The molecule has 0 aliphatic heterocycles. The zero-order valence-corrected chi connectivity index (χ0v) is 32.3. The van der Waals surface area contributed by atoms with Crippen molar-refractivity contribution in [3.63, 3.8) is 0 Å². The quantitative estimate of drug-likeness (QED) is 0.144. The summed E-state index contributed by atoms with van der Waals surface area (Å²) >= 11 is 0. The molecule has 7 heteroatoms. The van der Waals surface area contributed by atoms with Crippen LogP contribution >= 0.6 is 0 Å². The first-order valence-corrected chi connectivity index (χ1v) is 19.7. The van der Waals surface area contributed by atoms with Crippen molar-refractivity contribution in [2.45, 2.75) is 0 Å². The van der Waals surface area contributed by atoms with Gasteiger partial charge in [-0.25, -0.2) is 24.9 Å². The molecule has 10 rings (SSSR count). The molecule has 0 saturated heterocycles. The van der Waals surface area contributed by atoms with Gasteiger partial charge in [0.05, 0.1) is 45.6 Å². The maximum absolute atomic E-state index is 5.10. The molecule has 5 aromatic heterocycles. The van der Waals surface area contributed by atoms with Crippen molar-refractivity contribution >= 4 is 0 Å². The average molecular weight is 770 g/mol. The second-order valence-electron chi connectivity index (χ2n) is 14.2. The second kappa shape index (κ2) is 16.3. The van der Waals surface area contributed by atoms with Gasteiger partial charge in [-0.05, 0) is 65.7 Å². The molecule has 282 valence electrons. The number of aromatic nitrogens is 7. The van der Waals surface area contributed by atoms with Crippen molar-refractivity contribution in [1.82, 2.24) is 34.9 Å². The smallest absolute Gasteiger partial charge is 0.161 e. The lowest BCUT2D eigenvalue weighted by Crippen LogP contribution is -1.98. The lowest BCUT2D eigenvalue weighted by atomic mass is 9.99. The van der Waals surface area contributed by atoms with Crippen LogP contribution in [0.3, 0.4) is 0 Å². The standard InChI is InChI=1S/C53H35N7/c1-5-16-36(17-6-1)46-33-47(37-18-7-2-8-19-37)59-53(58-46)42-27-28-45(55-35-42)51-32-43(31-50(56-51)44-26-13-14-29-54-44)40-24-15-25-41(30-40)49-34-48(38-20-9-3-10-21-38)57-52(60-49)39-22-11-4-12-23-39/h1-35H. The summed E-state index contributed by atoms with van der Waals surface area (Å²) in [6.07, 6.45) is 3.61. The third-order valence-corrected chi connectivity index (χ3v) is 10.2. The first-order chi connectivity index (χ1) is 29.7. The van der Waals surface area contributed by atoms with Gasteiger partial charge < -0.3 is 0 Å². The van der Waals surface area contributed by atoms with E-state index in [2.05, 4.69) is 83.8 Å². The van der Waals surface area contributed by atoms with Gasteiger partial charge in [0.15, 0.2) is 11.6 Å². The Morgan fingerprint density at radius 1 is 0.217 bits per heavy atom. The van der Waals surface area contributed by atoms with Crippen LogP contribution < -0.4 is 0 Å². The predicted molar refractivity (Wildman–Crippen MR) is 240 cm³/mol. The second-order valence-corrected chi connectivity index (χ2v) is 14.2. The highest BCUT2D eigenvalue weighted by atomic mass is 14.9. The normalized spacial score (nSPS) is 11.0. The molecule has 10 aromatic rings. The fourth-order valence-corrected chi connectivity index (χ4v) is 7.17. The van der Waals surface area contributed by atoms with E-state index in [4.69, 9.17) is 29.9 Å². The van der Waals surface area contributed by atoms with Crippen LogP contribution in [0.25, 0.3) is 102 Å². The number of benzene rings is 5. The van der Waals surface area contributed by atoms with Crippen molar-refractivity contribution in [3.8, 4) is 102 Å². The molecule has 5 aromatic carbocycles. The van der Waals surface area contributed by atoms with E-state index in [0.717, 1.165) is 78.7 Å². The molecule has 0 saturated carbocycles. The van der Waals surface area contributed by atoms with E-state index in [9.17, 15) is 0 Å². The number of pyridine rings is 3. The van der Waals surface area contributed by atoms with Crippen LogP contribution in [-0.2, 0) is 0 Å².